The van der Waals surface area contributed by atoms with E-state index in [9.17, 15) is 9.59 Å². The number of primary amides is 1. The second-order valence-corrected chi connectivity index (χ2v) is 8.81. The van der Waals surface area contributed by atoms with E-state index in [1.54, 1.807) is 6.07 Å². The zero-order valence-corrected chi connectivity index (χ0v) is 17.5. The number of nitrogens with two attached hydrogens (primary N) is 1. The van der Waals surface area contributed by atoms with Gasteiger partial charge in [0.15, 0.2) is 5.11 Å². The summed E-state index contributed by atoms with van der Waals surface area (Å²) in [6.45, 7) is 2.18. The van der Waals surface area contributed by atoms with E-state index in [0.717, 1.165) is 29.7 Å². The first-order chi connectivity index (χ1) is 12.8. The van der Waals surface area contributed by atoms with Crippen LogP contribution in [0.15, 0.2) is 18.2 Å². The maximum absolute atomic E-state index is 12.4. The van der Waals surface area contributed by atoms with E-state index in [0.29, 0.717) is 21.5 Å². The molecular weight excluding hydrogens is 425 g/mol. The lowest BCUT2D eigenvalue weighted by atomic mass is 9.88. The molecule has 0 spiro atoms. The van der Waals surface area contributed by atoms with Crippen molar-refractivity contribution < 1.29 is 9.59 Å². The monoisotopic (exact) mass is 441 g/mol. The van der Waals surface area contributed by atoms with E-state index < -0.39 is 11.8 Å². The number of thiophene rings is 1. The molecule has 5 nitrogen and oxygen atoms in total. The van der Waals surface area contributed by atoms with Gasteiger partial charge in [-0.3, -0.25) is 14.9 Å². The van der Waals surface area contributed by atoms with Gasteiger partial charge in [0.2, 0.25) is 0 Å². The highest BCUT2D eigenvalue weighted by Gasteiger charge is 2.27. The summed E-state index contributed by atoms with van der Waals surface area (Å²) in [5.74, 6) is -0.410. The van der Waals surface area contributed by atoms with Crippen LogP contribution in [0, 0.1) is 5.92 Å². The average molecular weight is 442 g/mol. The molecule has 4 N–H and O–H groups in total. The van der Waals surface area contributed by atoms with E-state index in [-0.39, 0.29) is 15.7 Å². The summed E-state index contributed by atoms with van der Waals surface area (Å²) in [6, 6.07) is 4.56. The first-order valence-electron chi connectivity index (χ1n) is 8.28. The molecule has 1 aromatic heterocycles. The molecule has 3 rings (SSSR count). The summed E-state index contributed by atoms with van der Waals surface area (Å²) < 4.78 is 0. The van der Waals surface area contributed by atoms with Gasteiger partial charge >= 0.3 is 0 Å². The van der Waals surface area contributed by atoms with Crippen LogP contribution < -0.4 is 16.4 Å². The number of carbonyl (C=O) groups is 2. The lowest BCUT2D eigenvalue weighted by molar-refractivity contribution is 0.0975. The molecule has 2 aromatic rings. The Balaban J connectivity index is 1.78. The Bertz CT molecular complexity index is 943. The van der Waals surface area contributed by atoms with Gasteiger partial charge in [-0.2, -0.15) is 0 Å². The number of halogens is 2. The second-order valence-electron chi connectivity index (χ2n) is 6.45. The number of rotatable bonds is 3. The highest BCUT2D eigenvalue weighted by Crippen LogP contribution is 2.39. The summed E-state index contributed by atoms with van der Waals surface area (Å²) in [4.78, 5) is 25.5. The molecule has 1 aliphatic carbocycles. The van der Waals surface area contributed by atoms with Crippen molar-refractivity contribution in [1.29, 1.82) is 0 Å². The van der Waals surface area contributed by atoms with E-state index in [1.165, 1.54) is 23.5 Å². The molecule has 0 radical (unpaired) electrons. The SMILES string of the molecule is CC1CCc2c(sc(NC(=S)NC(=O)c3ccc(Cl)cc3Cl)c2C(N)=O)C1. The largest absolute Gasteiger partial charge is 0.365 e. The van der Waals surface area contributed by atoms with Crippen molar-refractivity contribution in [1.82, 2.24) is 5.32 Å². The van der Waals surface area contributed by atoms with Gasteiger partial charge in [-0.05, 0) is 61.2 Å². The molecule has 0 bridgehead atoms. The van der Waals surface area contributed by atoms with Crippen molar-refractivity contribution in [3.63, 3.8) is 0 Å². The van der Waals surface area contributed by atoms with Gasteiger partial charge in [-0.1, -0.05) is 30.1 Å². The molecule has 1 heterocycles. The second kappa shape index (κ2) is 8.14. The first kappa shape index (κ1) is 20.1. The van der Waals surface area contributed by atoms with Crippen LogP contribution in [-0.4, -0.2) is 16.9 Å². The lowest BCUT2D eigenvalue weighted by Gasteiger charge is -2.18. The number of anilines is 1. The van der Waals surface area contributed by atoms with Gasteiger partial charge in [0.05, 0.1) is 16.1 Å². The first-order valence-corrected chi connectivity index (χ1v) is 10.3. The van der Waals surface area contributed by atoms with E-state index in [2.05, 4.69) is 17.6 Å². The normalized spacial score (nSPS) is 15.7. The zero-order valence-electron chi connectivity index (χ0n) is 14.4. The fourth-order valence-electron chi connectivity index (χ4n) is 3.08. The molecule has 0 saturated heterocycles. The molecule has 1 aliphatic rings. The molecule has 0 saturated carbocycles. The zero-order chi connectivity index (χ0) is 19.7. The third-order valence-corrected chi connectivity index (χ3v) is 6.31. The van der Waals surface area contributed by atoms with Gasteiger partial charge in [-0.15, -0.1) is 11.3 Å². The summed E-state index contributed by atoms with van der Waals surface area (Å²) in [6.07, 6.45) is 2.73. The Kier molecular flexibility index (Phi) is 6.05. The maximum atomic E-state index is 12.4. The fourth-order valence-corrected chi connectivity index (χ4v) is 5.25. The molecule has 0 fully saturated rings. The van der Waals surface area contributed by atoms with E-state index in [4.69, 9.17) is 41.2 Å². The maximum Gasteiger partial charge on any atom is 0.258 e. The highest BCUT2D eigenvalue weighted by molar-refractivity contribution is 7.80. The topological polar surface area (TPSA) is 84.2 Å². The number of benzene rings is 1. The minimum atomic E-state index is -0.501. The number of nitrogens with one attached hydrogen (secondary N) is 2. The predicted molar refractivity (Wildman–Crippen MR) is 114 cm³/mol. The minimum absolute atomic E-state index is 0.0696. The average Bonchev–Trinajstić information content (AvgIpc) is 2.91. The molecular formula is C18H17Cl2N3O2S2. The Morgan fingerprint density at radius 3 is 2.74 bits per heavy atom. The molecule has 9 heteroatoms. The highest BCUT2D eigenvalue weighted by atomic mass is 35.5. The number of hydrogen-bond acceptors (Lipinski definition) is 4. The Morgan fingerprint density at radius 2 is 2.07 bits per heavy atom. The minimum Gasteiger partial charge on any atom is -0.365 e. The Morgan fingerprint density at radius 1 is 1.33 bits per heavy atom. The van der Waals surface area contributed by atoms with Gasteiger partial charge < -0.3 is 11.1 Å². The van der Waals surface area contributed by atoms with Crippen LogP contribution in [0.3, 0.4) is 0 Å². The van der Waals surface area contributed by atoms with Gasteiger partial charge in [0.25, 0.3) is 11.8 Å². The van der Waals surface area contributed by atoms with Crippen molar-refractivity contribution in [2.45, 2.75) is 26.2 Å². The summed E-state index contributed by atoms with van der Waals surface area (Å²) in [5, 5.41) is 6.80. The third kappa shape index (κ3) is 4.43. The summed E-state index contributed by atoms with van der Waals surface area (Å²) in [5.41, 5.74) is 7.29. The van der Waals surface area contributed by atoms with Crippen LogP contribution in [0.1, 0.15) is 44.5 Å². The predicted octanol–water partition coefficient (Wildman–Crippen LogP) is 4.41. The van der Waals surface area contributed by atoms with Crippen molar-refractivity contribution in [3.05, 3.63) is 49.8 Å². The standard InChI is InChI=1S/C18H17Cl2N3O2S2/c1-8-2-4-11-13(6-8)27-17(14(11)15(21)24)23-18(26)22-16(25)10-5-3-9(19)7-12(10)20/h3,5,7-8H,2,4,6H2,1H3,(H2,21,24)(H2,22,23,25,26). The van der Waals surface area contributed by atoms with Crippen LogP contribution in [0.5, 0.6) is 0 Å². The number of thiocarbonyl (C=S) groups is 1. The number of carbonyl (C=O) groups excluding carboxylic acids is 2. The molecule has 27 heavy (non-hydrogen) atoms. The quantitative estimate of drug-likeness (QED) is 0.615. The molecule has 1 atom stereocenters. The Hall–Kier alpha value is -1.67. The lowest BCUT2D eigenvalue weighted by Crippen LogP contribution is -2.34. The number of hydrogen-bond donors (Lipinski definition) is 3. The van der Waals surface area contributed by atoms with Crippen molar-refractivity contribution in [2.75, 3.05) is 5.32 Å². The van der Waals surface area contributed by atoms with Gasteiger partial charge in [0, 0.05) is 9.90 Å². The fraction of sp³-hybridized carbons (Fsp3) is 0.278. The van der Waals surface area contributed by atoms with Crippen LogP contribution in [0.2, 0.25) is 10.0 Å². The Labute approximate surface area is 176 Å². The molecule has 1 aromatic carbocycles. The summed E-state index contributed by atoms with van der Waals surface area (Å²) >= 11 is 18.6. The molecule has 2 amide bonds. The van der Waals surface area contributed by atoms with Gasteiger partial charge in [0.1, 0.15) is 5.00 Å². The third-order valence-electron chi connectivity index (χ3n) is 4.39. The van der Waals surface area contributed by atoms with E-state index >= 15 is 0 Å². The molecule has 0 aliphatic heterocycles. The van der Waals surface area contributed by atoms with Crippen LogP contribution in [-0.2, 0) is 12.8 Å². The smallest absolute Gasteiger partial charge is 0.258 e. The number of fused-ring (bicyclic) bond motifs is 1. The van der Waals surface area contributed by atoms with Crippen LogP contribution in [0.4, 0.5) is 5.00 Å². The summed E-state index contributed by atoms with van der Waals surface area (Å²) in [7, 11) is 0. The van der Waals surface area contributed by atoms with Crippen molar-refractivity contribution in [2.24, 2.45) is 11.7 Å². The number of amides is 2. The van der Waals surface area contributed by atoms with Crippen molar-refractivity contribution >= 4 is 68.7 Å². The molecule has 1 unspecified atom stereocenters. The molecule has 142 valence electrons. The van der Waals surface area contributed by atoms with Crippen molar-refractivity contribution in [3.8, 4) is 0 Å². The van der Waals surface area contributed by atoms with Crippen LogP contribution in [0.25, 0.3) is 0 Å². The van der Waals surface area contributed by atoms with Crippen LogP contribution >= 0.6 is 46.8 Å². The van der Waals surface area contributed by atoms with Gasteiger partial charge in [-0.25, -0.2) is 0 Å². The van der Waals surface area contributed by atoms with E-state index in [1.807, 2.05) is 0 Å².